The Morgan fingerprint density at radius 2 is 1.97 bits per heavy atom. The maximum absolute atomic E-state index is 13.5. The average Bonchev–Trinajstić information content (AvgIpc) is 3.61. The molecule has 33 heavy (non-hydrogen) atoms. The van der Waals surface area contributed by atoms with Crippen LogP contribution >= 0.6 is 11.9 Å². The minimum Gasteiger partial charge on any atom is -0.455 e. The molecular formula is C24H27FN4O3S. The quantitative estimate of drug-likeness (QED) is 0.413. The fourth-order valence-corrected chi connectivity index (χ4v) is 4.55. The standard InChI is InChI=1S/C24H27FN4O3S/c1-27-24(31)22-18-11-17(14-3-4-14)19(29(33-2)10-9-28-21(30)13-26)12-20(18)32-23(22)15-5-7-16(25)8-6-15/h5-8,11-12,14H,3-4,9-10,13,26H2,1-2H3,(H,27,31)(H,28,30). The van der Waals surface area contributed by atoms with Crippen LogP contribution in [0.25, 0.3) is 22.3 Å². The summed E-state index contributed by atoms with van der Waals surface area (Å²) < 4.78 is 21.8. The number of hydrogen-bond donors (Lipinski definition) is 3. The van der Waals surface area contributed by atoms with Gasteiger partial charge < -0.3 is 25.1 Å². The van der Waals surface area contributed by atoms with Gasteiger partial charge in [0.15, 0.2) is 0 Å². The second-order valence-electron chi connectivity index (χ2n) is 7.91. The van der Waals surface area contributed by atoms with E-state index in [1.807, 2.05) is 18.4 Å². The van der Waals surface area contributed by atoms with E-state index in [0.29, 0.717) is 41.5 Å². The first-order valence-electron chi connectivity index (χ1n) is 10.8. The topological polar surface area (TPSA) is 101 Å². The molecule has 1 heterocycles. The molecular weight excluding hydrogens is 443 g/mol. The number of rotatable bonds is 9. The van der Waals surface area contributed by atoms with Crippen molar-refractivity contribution in [2.75, 3.05) is 37.2 Å². The van der Waals surface area contributed by atoms with E-state index >= 15 is 0 Å². The Morgan fingerprint density at radius 1 is 1.24 bits per heavy atom. The molecule has 0 unspecified atom stereocenters. The number of nitrogens with one attached hydrogen (secondary N) is 2. The van der Waals surface area contributed by atoms with E-state index in [-0.39, 0.29) is 24.2 Å². The Balaban J connectivity index is 1.80. The van der Waals surface area contributed by atoms with Crippen LogP contribution < -0.4 is 20.7 Å². The number of hydrogen-bond acceptors (Lipinski definition) is 6. The van der Waals surface area contributed by atoms with E-state index in [9.17, 15) is 14.0 Å². The van der Waals surface area contributed by atoms with Crippen LogP contribution in [0.4, 0.5) is 10.1 Å². The number of halogens is 1. The molecule has 1 aromatic heterocycles. The van der Waals surface area contributed by atoms with E-state index < -0.39 is 0 Å². The predicted molar refractivity (Wildman–Crippen MR) is 130 cm³/mol. The van der Waals surface area contributed by atoms with Gasteiger partial charge in [0.2, 0.25) is 5.91 Å². The summed E-state index contributed by atoms with van der Waals surface area (Å²) >= 11 is 1.56. The minimum atomic E-state index is -0.355. The van der Waals surface area contributed by atoms with E-state index in [4.69, 9.17) is 10.2 Å². The molecule has 3 aromatic rings. The average molecular weight is 471 g/mol. The molecule has 2 amide bonds. The SMILES string of the molecule is CNC(=O)c1c(-c2ccc(F)cc2)oc2cc(N(CCNC(=O)CN)SC)c(C3CC3)cc12. The van der Waals surface area contributed by atoms with Gasteiger partial charge in [-0.25, -0.2) is 4.39 Å². The number of furan rings is 1. The molecule has 0 spiro atoms. The molecule has 1 fully saturated rings. The van der Waals surface area contributed by atoms with Crippen LogP contribution in [0.2, 0.25) is 0 Å². The monoisotopic (exact) mass is 470 g/mol. The van der Waals surface area contributed by atoms with Gasteiger partial charge in [-0.2, -0.15) is 0 Å². The molecule has 9 heteroatoms. The van der Waals surface area contributed by atoms with Gasteiger partial charge in [0.05, 0.1) is 17.8 Å². The molecule has 1 saturated carbocycles. The third kappa shape index (κ3) is 4.84. The first-order valence-corrected chi connectivity index (χ1v) is 12.0. The summed E-state index contributed by atoms with van der Waals surface area (Å²) in [6.07, 6.45) is 4.15. The third-order valence-electron chi connectivity index (χ3n) is 5.73. The van der Waals surface area contributed by atoms with E-state index in [0.717, 1.165) is 29.5 Å². The number of carbonyl (C=O) groups excluding carboxylic acids is 2. The van der Waals surface area contributed by atoms with Crippen LogP contribution in [0.5, 0.6) is 0 Å². The Morgan fingerprint density at radius 3 is 2.58 bits per heavy atom. The summed E-state index contributed by atoms with van der Waals surface area (Å²) in [5.74, 6) is 0.0217. The van der Waals surface area contributed by atoms with Crippen LogP contribution in [0.1, 0.15) is 34.7 Å². The van der Waals surface area contributed by atoms with Crippen molar-refractivity contribution in [1.29, 1.82) is 0 Å². The molecule has 0 aliphatic heterocycles. The summed E-state index contributed by atoms with van der Waals surface area (Å²) in [4.78, 5) is 24.4. The van der Waals surface area contributed by atoms with Crippen LogP contribution in [-0.4, -0.2) is 44.8 Å². The first-order chi connectivity index (χ1) is 16.0. The molecule has 1 aliphatic rings. The minimum absolute atomic E-state index is 0.0423. The maximum Gasteiger partial charge on any atom is 0.255 e. The number of carbonyl (C=O) groups is 2. The number of benzene rings is 2. The fourth-order valence-electron chi connectivity index (χ4n) is 3.92. The van der Waals surface area contributed by atoms with Gasteiger partial charge in [-0.05, 0) is 54.7 Å². The molecule has 7 nitrogen and oxygen atoms in total. The molecule has 174 valence electrons. The molecule has 1 aliphatic carbocycles. The maximum atomic E-state index is 13.5. The second kappa shape index (κ2) is 9.84. The number of nitrogens with zero attached hydrogens (tertiary/aromatic N) is 1. The van der Waals surface area contributed by atoms with Gasteiger partial charge in [-0.1, -0.05) is 11.9 Å². The number of nitrogens with two attached hydrogens (primary N) is 1. The molecule has 0 saturated heterocycles. The molecule has 2 aromatic carbocycles. The van der Waals surface area contributed by atoms with Gasteiger partial charge in [-0.3, -0.25) is 9.59 Å². The van der Waals surface area contributed by atoms with E-state index in [1.165, 1.54) is 12.1 Å². The summed E-state index contributed by atoms with van der Waals surface area (Å²) in [5.41, 5.74) is 9.19. The van der Waals surface area contributed by atoms with Crippen molar-refractivity contribution in [3.63, 3.8) is 0 Å². The summed E-state index contributed by atoms with van der Waals surface area (Å²) in [5, 5.41) is 6.24. The Bertz CT molecular complexity index is 1170. The zero-order valence-electron chi connectivity index (χ0n) is 18.6. The lowest BCUT2D eigenvalue weighted by Gasteiger charge is -2.24. The Kier molecular flexibility index (Phi) is 6.90. The Hall–Kier alpha value is -3.04. The molecule has 0 radical (unpaired) electrons. The molecule has 4 rings (SSSR count). The Labute approximate surface area is 196 Å². The van der Waals surface area contributed by atoms with Crippen LogP contribution in [-0.2, 0) is 4.79 Å². The van der Waals surface area contributed by atoms with Crippen LogP contribution in [0.15, 0.2) is 40.8 Å². The van der Waals surface area contributed by atoms with Gasteiger partial charge in [0.1, 0.15) is 17.2 Å². The highest BCUT2D eigenvalue weighted by Gasteiger charge is 2.31. The van der Waals surface area contributed by atoms with Gasteiger partial charge in [0, 0.05) is 43.4 Å². The summed E-state index contributed by atoms with van der Waals surface area (Å²) in [7, 11) is 1.58. The summed E-state index contributed by atoms with van der Waals surface area (Å²) in [6, 6.07) is 9.92. The van der Waals surface area contributed by atoms with Crippen molar-refractivity contribution >= 4 is 40.4 Å². The highest BCUT2D eigenvalue weighted by Crippen LogP contribution is 2.48. The highest BCUT2D eigenvalue weighted by molar-refractivity contribution is 7.99. The van der Waals surface area contributed by atoms with Gasteiger partial charge >= 0.3 is 0 Å². The zero-order valence-corrected chi connectivity index (χ0v) is 19.4. The van der Waals surface area contributed by atoms with Crippen molar-refractivity contribution < 1.29 is 18.4 Å². The number of anilines is 1. The van der Waals surface area contributed by atoms with Crippen molar-refractivity contribution in [2.45, 2.75) is 18.8 Å². The molecule has 4 N–H and O–H groups in total. The van der Waals surface area contributed by atoms with Gasteiger partial charge in [-0.15, -0.1) is 0 Å². The van der Waals surface area contributed by atoms with Gasteiger partial charge in [0.25, 0.3) is 5.91 Å². The zero-order chi connectivity index (χ0) is 23.5. The van der Waals surface area contributed by atoms with E-state index in [2.05, 4.69) is 14.9 Å². The smallest absolute Gasteiger partial charge is 0.255 e. The lowest BCUT2D eigenvalue weighted by molar-refractivity contribution is -0.119. The lowest BCUT2D eigenvalue weighted by atomic mass is 10.0. The largest absolute Gasteiger partial charge is 0.455 e. The van der Waals surface area contributed by atoms with Crippen LogP contribution in [0, 0.1) is 5.82 Å². The van der Waals surface area contributed by atoms with Crippen molar-refractivity contribution in [1.82, 2.24) is 10.6 Å². The number of amides is 2. The third-order valence-corrected chi connectivity index (χ3v) is 6.55. The normalized spacial score (nSPS) is 13.2. The lowest BCUT2D eigenvalue weighted by Crippen LogP contribution is -2.35. The van der Waals surface area contributed by atoms with Crippen molar-refractivity contribution in [3.05, 3.63) is 53.3 Å². The molecule has 0 bridgehead atoms. The summed E-state index contributed by atoms with van der Waals surface area (Å²) in [6.45, 7) is 1.01. The molecule has 0 atom stereocenters. The fraction of sp³-hybridized carbons (Fsp3) is 0.333. The highest BCUT2D eigenvalue weighted by atomic mass is 32.2. The first kappa shape index (κ1) is 23.1. The number of fused-ring (bicyclic) bond motifs is 1. The van der Waals surface area contributed by atoms with Crippen LogP contribution in [0.3, 0.4) is 0 Å². The van der Waals surface area contributed by atoms with E-state index in [1.54, 1.807) is 31.1 Å². The predicted octanol–water partition coefficient (Wildman–Crippen LogP) is 3.64. The second-order valence-corrected chi connectivity index (χ2v) is 8.72. The van der Waals surface area contributed by atoms with Crippen molar-refractivity contribution in [3.8, 4) is 11.3 Å². The van der Waals surface area contributed by atoms with Crippen molar-refractivity contribution in [2.24, 2.45) is 5.73 Å².